The Morgan fingerprint density at radius 2 is 2.03 bits per heavy atom. The lowest BCUT2D eigenvalue weighted by Gasteiger charge is -2.53. The van der Waals surface area contributed by atoms with E-state index in [2.05, 4.69) is 42.5 Å². The standard InChI is InChI=1S/C27H25FN6S2/c1-17-12-33(16-29-17)23-7-4-19(22-10-31-36-25(22)23)8-20-9-27(14-35-15-27)13-34-24(11-30-32-26(20)34)18-2-5-21(28)6-3-18/h2-8,10,12,16,24,30H,9,11,13-15H2,1H3/b20-8+. The molecule has 1 unspecified atom stereocenters. The van der Waals surface area contributed by atoms with Crippen LogP contribution in [0.5, 0.6) is 0 Å². The quantitative estimate of drug-likeness (QED) is 0.395. The van der Waals surface area contributed by atoms with Crippen LogP contribution >= 0.6 is 23.3 Å². The molecular formula is C27H25FN6S2. The van der Waals surface area contributed by atoms with Gasteiger partial charge in [0.1, 0.15) is 5.82 Å². The first-order chi connectivity index (χ1) is 17.6. The summed E-state index contributed by atoms with van der Waals surface area (Å²) in [4.78, 5) is 6.85. The Hall–Kier alpha value is -3.17. The van der Waals surface area contributed by atoms with Crippen LogP contribution in [0.4, 0.5) is 4.39 Å². The minimum Gasteiger partial charge on any atom is -0.345 e. The molecule has 182 valence electrons. The molecule has 2 fully saturated rings. The fourth-order valence-electron chi connectivity index (χ4n) is 5.59. The molecule has 0 bridgehead atoms. The normalized spacial score (nSPS) is 21.8. The van der Waals surface area contributed by atoms with Crippen LogP contribution in [-0.2, 0) is 0 Å². The monoisotopic (exact) mass is 516 g/mol. The van der Waals surface area contributed by atoms with Gasteiger partial charge in [-0.05, 0) is 65.9 Å². The number of hydrazone groups is 1. The van der Waals surface area contributed by atoms with Crippen molar-refractivity contribution in [3.8, 4) is 5.69 Å². The lowest BCUT2D eigenvalue weighted by Crippen LogP contribution is -2.57. The van der Waals surface area contributed by atoms with Crippen molar-refractivity contribution < 1.29 is 4.39 Å². The number of benzene rings is 2. The van der Waals surface area contributed by atoms with Crippen LogP contribution in [0.1, 0.15) is 29.3 Å². The highest BCUT2D eigenvalue weighted by Gasteiger charge is 2.47. The molecule has 5 heterocycles. The lowest BCUT2D eigenvalue weighted by molar-refractivity contribution is 0.173. The van der Waals surface area contributed by atoms with Crippen LogP contribution in [0.2, 0.25) is 0 Å². The van der Waals surface area contributed by atoms with E-state index in [1.54, 1.807) is 12.1 Å². The number of piperidine rings is 1. The van der Waals surface area contributed by atoms with Crippen molar-refractivity contribution >= 4 is 45.3 Å². The fraction of sp³-hybridized carbons (Fsp3) is 0.296. The summed E-state index contributed by atoms with van der Waals surface area (Å²) in [5.74, 6) is 3.12. The van der Waals surface area contributed by atoms with Gasteiger partial charge < -0.3 is 14.9 Å². The van der Waals surface area contributed by atoms with E-state index >= 15 is 0 Å². The van der Waals surface area contributed by atoms with Gasteiger partial charge in [-0.1, -0.05) is 18.2 Å². The number of nitrogens with one attached hydrogen (secondary N) is 1. The number of aromatic nitrogens is 3. The Bertz CT molecular complexity index is 1510. The van der Waals surface area contributed by atoms with Crippen LogP contribution < -0.4 is 5.43 Å². The van der Waals surface area contributed by atoms with Crippen molar-refractivity contribution in [2.24, 2.45) is 10.5 Å². The number of rotatable bonds is 3. The topological polar surface area (TPSA) is 58.3 Å². The number of imidazole rings is 1. The van der Waals surface area contributed by atoms with Crippen LogP contribution in [0.3, 0.4) is 0 Å². The lowest BCUT2D eigenvalue weighted by atomic mass is 9.78. The minimum atomic E-state index is -0.204. The minimum absolute atomic E-state index is 0.124. The first-order valence-corrected chi connectivity index (χ1v) is 14.0. The number of amidine groups is 1. The van der Waals surface area contributed by atoms with Gasteiger partial charge in [-0.2, -0.15) is 21.2 Å². The molecular weight excluding hydrogens is 491 g/mol. The second kappa shape index (κ2) is 8.45. The Morgan fingerprint density at radius 1 is 1.17 bits per heavy atom. The number of aryl methyl sites for hydroxylation is 1. The average Bonchev–Trinajstić information content (AvgIpc) is 3.53. The third-order valence-electron chi connectivity index (χ3n) is 7.40. The summed E-state index contributed by atoms with van der Waals surface area (Å²) in [5.41, 5.74) is 9.14. The highest BCUT2D eigenvalue weighted by Crippen LogP contribution is 2.49. The van der Waals surface area contributed by atoms with E-state index in [1.165, 1.54) is 17.1 Å². The van der Waals surface area contributed by atoms with Gasteiger partial charge in [-0.3, -0.25) is 0 Å². The number of halogens is 1. The zero-order chi connectivity index (χ0) is 24.3. The second-order valence-corrected chi connectivity index (χ2v) is 11.8. The summed E-state index contributed by atoms with van der Waals surface area (Å²) in [7, 11) is 0. The number of hydrogen-bond donors (Lipinski definition) is 1. The SMILES string of the molecule is Cc1cn(-c2ccc(/C=C3\CC4(CSC4)CN4C3=NNCC4c3ccc(F)cc3)c3cnsc23)cn1. The Balaban J connectivity index is 1.31. The van der Waals surface area contributed by atoms with Crippen LogP contribution in [-0.4, -0.2) is 49.3 Å². The molecule has 1 atom stereocenters. The maximum absolute atomic E-state index is 13.6. The van der Waals surface area contributed by atoms with Crippen molar-refractivity contribution in [1.29, 1.82) is 0 Å². The molecule has 4 aromatic rings. The average molecular weight is 517 g/mol. The maximum Gasteiger partial charge on any atom is 0.152 e. The summed E-state index contributed by atoms with van der Waals surface area (Å²) < 4.78 is 21.4. The summed E-state index contributed by atoms with van der Waals surface area (Å²) in [5, 5.41) is 5.94. The molecule has 2 saturated heterocycles. The molecule has 3 aliphatic heterocycles. The number of fused-ring (bicyclic) bond motifs is 2. The molecule has 0 radical (unpaired) electrons. The number of hydrogen-bond acceptors (Lipinski definition) is 7. The van der Waals surface area contributed by atoms with Crippen LogP contribution in [0, 0.1) is 18.2 Å². The van der Waals surface area contributed by atoms with Crippen molar-refractivity contribution in [2.45, 2.75) is 19.4 Å². The zero-order valence-corrected chi connectivity index (χ0v) is 21.4. The predicted molar refractivity (Wildman–Crippen MR) is 145 cm³/mol. The van der Waals surface area contributed by atoms with E-state index < -0.39 is 0 Å². The smallest absolute Gasteiger partial charge is 0.152 e. The third kappa shape index (κ3) is 3.64. The first kappa shape index (κ1) is 22.1. The Kier molecular flexibility index (Phi) is 5.18. The van der Waals surface area contributed by atoms with E-state index in [4.69, 9.17) is 5.10 Å². The molecule has 36 heavy (non-hydrogen) atoms. The highest BCUT2D eigenvalue weighted by atomic mass is 32.2. The van der Waals surface area contributed by atoms with Gasteiger partial charge in [0.05, 0.1) is 35.0 Å². The number of thioether (sulfide) groups is 1. The molecule has 6 nitrogen and oxygen atoms in total. The number of nitrogens with zero attached hydrogens (tertiary/aromatic N) is 5. The van der Waals surface area contributed by atoms with E-state index in [1.807, 2.05) is 49.5 Å². The van der Waals surface area contributed by atoms with Crippen molar-refractivity contribution in [3.05, 3.63) is 83.3 Å². The molecule has 3 aliphatic rings. The molecule has 0 aliphatic carbocycles. The zero-order valence-electron chi connectivity index (χ0n) is 19.8. The molecule has 2 aromatic heterocycles. The van der Waals surface area contributed by atoms with Crippen molar-refractivity contribution in [2.75, 3.05) is 24.6 Å². The van der Waals surface area contributed by atoms with E-state index in [9.17, 15) is 4.39 Å². The van der Waals surface area contributed by atoms with E-state index in [-0.39, 0.29) is 17.3 Å². The predicted octanol–water partition coefficient (Wildman–Crippen LogP) is 5.41. The van der Waals surface area contributed by atoms with Gasteiger partial charge in [0.2, 0.25) is 0 Å². The van der Waals surface area contributed by atoms with Gasteiger partial charge in [-0.15, -0.1) is 0 Å². The Labute approximate surface area is 217 Å². The van der Waals surface area contributed by atoms with Crippen molar-refractivity contribution in [3.63, 3.8) is 0 Å². The van der Waals surface area contributed by atoms with E-state index in [0.29, 0.717) is 6.54 Å². The maximum atomic E-state index is 13.6. The molecule has 9 heteroatoms. The molecule has 1 spiro atoms. The molecule has 2 aromatic carbocycles. The summed E-state index contributed by atoms with van der Waals surface area (Å²) in [6.07, 6.45) is 9.19. The summed E-state index contributed by atoms with van der Waals surface area (Å²) >= 11 is 3.54. The first-order valence-electron chi connectivity index (χ1n) is 12.1. The van der Waals surface area contributed by atoms with Gasteiger partial charge in [0, 0.05) is 41.2 Å². The molecule has 1 N–H and O–H groups in total. The van der Waals surface area contributed by atoms with Gasteiger partial charge in [0.15, 0.2) is 5.84 Å². The van der Waals surface area contributed by atoms with Gasteiger partial charge in [-0.25, -0.2) is 9.37 Å². The van der Waals surface area contributed by atoms with Crippen LogP contribution in [0.25, 0.3) is 21.8 Å². The van der Waals surface area contributed by atoms with Gasteiger partial charge >= 0.3 is 0 Å². The molecule has 0 amide bonds. The molecule has 0 saturated carbocycles. The largest absolute Gasteiger partial charge is 0.345 e. The summed E-state index contributed by atoms with van der Waals surface area (Å²) in [6, 6.07) is 11.4. The van der Waals surface area contributed by atoms with Crippen LogP contribution in [0.15, 0.2) is 65.8 Å². The fourth-order valence-corrected chi connectivity index (χ4v) is 7.55. The third-order valence-corrected chi connectivity index (χ3v) is 9.86. The Morgan fingerprint density at radius 3 is 2.78 bits per heavy atom. The second-order valence-electron chi connectivity index (χ2n) is 10.00. The van der Waals surface area contributed by atoms with Crippen molar-refractivity contribution in [1.82, 2.24) is 24.3 Å². The highest BCUT2D eigenvalue weighted by molar-refractivity contribution is 8.00. The molecule has 7 rings (SSSR count). The van der Waals surface area contributed by atoms with E-state index in [0.717, 1.165) is 62.9 Å². The summed E-state index contributed by atoms with van der Waals surface area (Å²) in [6.45, 7) is 3.69. The van der Waals surface area contributed by atoms with Gasteiger partial charge in [0.25, 0.3) is 0 Å².